The third-order valence-corrected chi connectivity index (χ3v) is 2.77. The lowest BCUT2D eigenvalue weighted by Gasteiger charge is -2.08. The predicted octanol–water partition coefficient (Wildman–Crippen LogP) is 2.82. The number of rotatable bonds is 5. The molecule has 0 saturated carbocycles. The summed E-state index contributed by atoms with van der Waals surface area (Å²) in [5.74, 6) is 0.564. The van der Waals surface area contributed by atoms with Crippen LogP contribution in [-0.2, 0) is 6.54 Å². The summed E-state index contributed by atoms with van der Waals surface area (Å²) < 4.78 is 7.32. The highest BCUT2D eigenvalue weighted by molar-refractivity contribution is 6.32. The molecule has 0 aliphatic carbocycles. The van der Waals surface area contributed by atoms with Crippen LogP contribution in [0.2, 0.25) is 5.02 Å². The van der Waals surface area contributed by atoms with Gasteiger partial charge in [0.25, 0.3) is 0 Å². The third kappa shape index (κ3) is 3.11. The number of hydrogen-bond acceptors (Lipinski definition) is 3. The van der Waals surface area contributed by atoms with E-state index in [1.807, 2.05) is 12.3 Å². The molecule has 0 aliphatic rings. The zero-order valence-electron chi connectivity index (χ0n) is 9.97. The number of carbonyl (C=O) groups excluding carboxylic acids is 1. The quantitative estimate of drug-likeness (QED) is 0.780. The Kier molecular flexibility index (Phi) is 3.99. The number of Topliss-reactive ketones (excluding diaryl/α,β-unsaturated/α-hetero) is 1. The van der Waals surface area contributed by atoms with Crippen molar-refractivity contribution in [3.8, 4) is 5.75 Å². The highest BCUT2D eigenvalue weighted by atomic mass is 35.5. The lowest BCUT2D eigenvalue weighted by Crippen LogP contribution is -2.08. The van der Waals surface area contributed by atoms with Crippen molar-refractivity contribution >= 4 is 17.4 Å². The van der Waals surface area contributed by atoms with Crippen LogP contribution in [0.5, 0.6) is 5.75 Å². The van der Waals surface area contributed by atoms with Gasteiger partial charge in [0.1, 0.15) is 12.4 Å². The first-order valence-corrected chi connectivity index (χ1v) is 5.95. The fraction of sp³-hybridized carbons (Fsp3) is 0.231. The molecule has 1 aromatic heterocycles. The smallest absolute Gasteiger partial charge is 0.159 e. The van der Waals surface area contributed by atoms with Gasteiger partial charge in [-0.2, -0.15) is 5.10 Å². The summed E-state index contributed by atoms with van der Waals surface area (Å²) >= 11 is 6.03. The summed E-state index contributed by atoms with van der Waals surface area (Å²) in [5.41, 5.74) is 0.583. The molecule has 94 valence electrons. The lowest BCUT2D eigenvalue weighted by molar-refractivity contribution is 0.101. The summed E-state index contributed by atoms with van der Waals surface area (Å²) in [5, 5.41) is 4.51. The van der Waals surface area contributed by atoms with Gasteiger partial charge in [0.15, 0.2) is 5.78 Å². The second-order valence-electron chi connectivity index (χ2n) is 3.82. The van der Waals surface area contributed by atoms with Crippen LogP contribution in [0.4, 0.5) is 0 Å². The van der Waals surface area contributed by atoms with Crippen LogP contribution < -0.4 is 4.74 Å². The van der Waals surface area contributed by atoms with Gasteiger partial charge < -0.3 is 4.74 Å². The molecule has 1 heterocycles. The standard InChI is InChI=1S/C13H13ClN2O2/c1-10(17)11-3-4-13(12(14)9-11)18-8-7-16-6-2-5-15-16/h2-6,9H,7-8H2,1H3. The Hall–Kier alpha value is -1.81. The maximum atomic E-state index is 11.2. The van der Waals surface area contributed by atoms with Crippen LogP contribution in [0.3, 0.4) is 0 Å². The third-order valence-electron chi connectivity index (χ3n) is 2.48. The monoisotopic (exact) mass is 264 g/mol. The Morgan fingerprint density at radius 1 is 1.50 bits per heavy atom. The number of halogens is 1. The van der Waals surface area contributed by atoms with E-state index in [2.05, 4.69) is 5.10 Å². The molecule has 1 aromatic carbocycles. The molecule has 0 aliphatic heterocycles. The predicted molar refractivity (Wildman–Crippen MR) is 69.2 cm³/mol. The minimum atomic E-state index is -0.0139. The minimum Gasteiger partial charge on any atom is -0.490 e. The molecule has 0 amide bonds. The number of ketones is 1. The topological polar surface area (TPSA) is 44.1 Å². The van der Waals surface area contributed by atoms with Gasteiger partial charge >= 0.3 is 0 Å². The second-order valence-corrected chi connectivity index (χ2v) is 4.23. The van der Waals surface area contributed by atoms with E-state index in [0.717, 1.165) is 0 Å². The molecule has 18 heavy (non-hydrogen) atoms. The van der Waals surface area contributed by atoms with Gasteiger partial charge in [-0.1, -0.05) is 11.6 Å². The summed E-state index contributed by atoms with van der Waals surface area (Å²) in [6.45, 7) is 2.63. The molecule has 5 heteroatoms. The average Bonchev–Trinajstić information content (AvgIpc) is 2.84. The Bertz CT molecular complexity index is 538. The van der Waals surface area contributed by atoms with Gasteiger partial charge in [-0.15, -0.1) is 0 Å². The first-order valence-electron chi connectivity index (χ1n) is 5.57. The zero-order chi connectivity index (χ0) is 13.0. The van der Waals surface area contributed by atoms with E-state index in [-0.39, 0.29) is 5.78 Å². The Balaban J connectivity index is 1.95. The maximum absolute atomic E-state index is 11.2. The van der Waals surface area contributed by atoms with Crippen LogP contribution in [0.1, 0.15) is 17.3 Å². The van der Waals surface area contributed by atoms with E-state index in [1.165, 1.54) is 6.92 Å². The van der Waals surface area contributed by atoms with Crippen LogP contribution in [0.15, 0.2) is 36.7 Å². The number of ether oxygens (including phenoxy) is 1. The first kappa shape index (κ1) is 12.6. The lowest BCUT2D eigenvalue weighted by atomic mass is 10.1. The van der Waals surface area contributed by atoms with Gasteiger partial charge in [-0.3, -0.25) is 9.48 Å². The highest BCUT2D eigenvalue weighted by Crippen LogP contribution is 2.25. The van der Waals surface area contributed by atoms with E-state index in [1.54, 1.807) is 29.1 Å². The van der Waals surface area contributed by atoms with Crippen LogP contribution >= 0.6 is 11.6 Å². The minimum absolute atomic E-state index is 0.0139. The van der Waals surface area contributed by atoms with E-state index in [4.69, 9.17) is 16.3 Å². The van der Waals surface area contributed by atoms with Crippen molar-refractivity contribution < 1.29 is 9.53 Å². The van der Waals surface area contributed by atoms with E-state index in [9.17, 15) is 4.79 Å². The molecule has 2 rings (SSSR count). The number of carbonyl (C=O) groups is 1. The molecule has 2 aromatic rings. The van der Waals surface area contributed by atoms with Gasteiger partial charge in [0, 0.05) is 18.0 Å². The number of nitrogens with zero attached hydrogens (tertiary/aromatic N) is 2. The van der Waals surface area contributed by atoms with E-state index in [0.29, 0.717) is 29.5 Å². The van der Waals surface area contributed by atoms with Gasteiger partial charge in [-0.25, -0.2) is 0 Å². The molecule has 4 nitrogen and oxygen atoms in total. The van der Waals surface area contributed by atoms with E-state index < -0.39 is 0 Å². The van der Waals surface area contributed by atoms with Gasteiger partial charge in [0.2, 0.25) is 0 Å². The summed E-state index contributed by atoms with van der Waals surface area (Å²) in [6, 6.07) is 6.89. The average molecular weight is 265 g/mol. The summed E-state index contributed by atoms with van der Waals surface area (Å²) in [6.07, 6.45) is 3.58. The van der Waals surface area contributed by atoms with Crippen LogP contribution in [0.25, 0.3) is 0 Å². The fourth-order valence-electron chi connectivity index (χ4n) is 1.52. The molecule has 0 saturated heterocycles. The SMILES string of the molecule is CC(=O)c1ccc(OCCn2cccn2)c(Cl)c1. The molecular weight excluding hydrogens is 252 g/mol. The molecule has 0 radical (unpaired) electrons. The van der Waals surface area contributed by atoms with Crippen LogP contribution in [-0.4, -0.2) is 22.2 Å². The zero-order valence-corrected chi connectivity index (χ0v) is 10.7. The highest BCUT2D eigenvalue weighted by Gasteiger charge is 2.05. The molecule has 0 bridgehead atoms. The van der Waals surface area contributed by atoms with Crippen molar-refractivity contribution in [1.82, 2.24) is 9.78 Å². The largest absolute Gasteiger partial charge is 0.490 e. The molecule has 0 unspecified atom stereocenters. The fourth-order valence-corrected chi connectivity index (χ4v) is 1.75. The van der Waals surface area contributed by atoms with Crippen molar-refractivity contribution in [3.63, 3.8) is 0 Å². The number of aromatic nitrogens is 2. The van der Waals surface area contributed by atoms with E-state index >= 15 is 0 Å². The maximum Gasteiger partial charge on any atom is 0.159 e. The number of hydrogen-bond donors (Lipinski definition) is 0. The molecule has 0 atom stereocenters. The Morgan fingerprint density at radius 2 is 2.33 bits per heavy atom. The Labute approximate surface area is 110 Å². The van der Waals surface area contributed by atoms with Crippen molar-refractivity contribution in [3.05, 3.63) is 47.2 Å². The van der Waals surface area contributed by atoms with Gasteiger partial charge in [0.05, 0.1) is 11.6 Å². The summed E-state index contributed by atoms with van der Waals surface area (Å²) in [7, 11) is 0. The van der Waals surface area contributed by atoms with Gasteiger partial charge in [-0.05, 0) is 31.2 Å². The first-order chi connectivity index (χ1) is 8.66. The Morgan fingerprint density at radius 3 is 2.94 bits per heavy atom. The van der Waals surface area contributed by atoms with Crippen molar-refractivity contribution in [2.24, 2.45) is 0 Å². The van der Waals surface area contributed by atoms with Crippen molar-refractivity contribution in [1.29, 1.82) is 0 Å². The second kappa shape index (κ2) is 5.69. The number of benzene rings is 1. The molecule has 0 spiro atoms. The molecule has 0 fully saturated rings. The summed E-state index contributed by atoms with van der Waals surface area (Å²) in [4.78, 5) is 11.2. The van der Waals surface area contributed by atoms with Crippen LogP contribution in [0, 0.1) is 0 Å². The van der Waals surface area contributed by atoms with Crippen molar-refractivity contribution in [2.75, 3.05) is 6.61 Å². The normalized spacial score (nSPS) is 10.3. The van der Waals surface area contributed by atoms with Crippen molar-refractivity contribution in [2.45, 2.75) is 13.5 Å². The molecular formula is C13H13ClN2O2. The molecule has 0 N–H and O–H groups in total.